The highest BCUT2D eigenvalue weighted by atomic mass is 16.5. The Morgan fingerprint density at radius 3 is 2.69 bits per heavy atom. The lowest BCUT2D eigenvalue weighted by molar-refractivity contribution is 0.166. The molecule has 1 aromatic rings. The molecule has 0 radical (unpaired) electrons. The van der Waals surface area contributed by atoms with Crippen molar-refractivity contribution in [2.45, 2.75) is 32.7 Å². The summed E-state index contributed by atoms with van der Waals surface area (Å²) in [6, 6.07) is 4.62. The fourth-order valence-electron chi connectivity index (χ4n) is 1.72. The van der Waals surface area contributed by atoms with Gasteiger partial charge < -0.3 is 10.1 Å². The van der Waals surface area contributed by atoms with Crippen LogP contribution >= 0.6 is 0 Å². The van der Waals surface area contributed by atoms with E-state index in [0.717, 1.165) is 31.7 Å². The third kappa shape index (κ3) is 4.29. The van der Waals surface area contributed by atoms with E-state index >= 15 is 0 Å². The molecule has 0 aromatic carbocycles. The van der Waals surface area contributed by atoms with Crippen molar-refractivity contribution in [3.05, 3.63) is 29.6 Å². The summed E-state index contributed by atoms with van der Waals surface area (Å²) in [6.45, 7) is 5.94. The van der Waals surface area contributed by atoms with Gasteiger partial charge in [0.15, 0.2) is 0 Å². The van der Waals surface area contributed by atoms with Crippen LogP contribution in [0.2, 0.25) is 0 Å². The summed E-state index contributed by atoms with van der Waals surface area (Å²) in [5.41, 5.74) is 2.41. The first kappa shape index (κ1) is 13.1. The Morgan fingerprint density at radius 2 is 2.19 bits per heavy atom. The molecule has 1 unspecified atom stereocenters. The molecule has 3 nitrogen and oxygen atoms in total. The fourth-order valence-corrected chi connectivity index (χ4v) is 1.72. The van der Waals surface area contributed by atoms with Gasteiger partial charge in [-0.15, -0.1) is 0 Å². The number of nitrogens with zero attached hydrogens (tertiary/aromatic N) is 1. The predicted molar refractivity (Wildman–Crippen MR) is 66.7 cm³/mol. The van der Waals surface area contributed by atoms with Gasteiger partial charge in [0, 0.05) is 31.5 Å². The zero-order valence-corrected chi connectivity index (χ0v) is 10.5. The van der Waals surface area contributed by atoms with Crippen LogP contribution in [0.5, 0.6) is 0 Å². The number of ether oxygens (including phenoxy) is 1. The Hall–Kier alpha value is -0.930. The normalized spacial score (nSPS) is 12.7. The van der Waals surface area contributed by atoms with E-state index in [1.165, 1.54) is 5.56 Å². The van der Waals surface area contributed by atoms with E-state index in [-0.39, 0.29) is 0 Å². The molecule has 0 aliphatic carbocycles. The van der Waals surface area contributed by atoms with Gasteiger partial charge in [0.1, 0.15) is 0 Å². The third-order valence-corrected chi connectivity index (χ3v) is 2.61. The number of hydrogen-bond donors (Lipinski definition) is 1. The molecule has 1 aromatic heterocycles. The van der Waals surface area contributed by atoms with Crippen LogP contribution in [0.25, 0.3) is 0 Å². The van der Waals surface area contributed by atoms with Crippen LogP contribution in [0.4, 0.5) is 0 Å². The smallest absolute Gasteiger partial charge is 0.0619 e. The molecule has 1 N–H and O–H groups in total. The van der Waals surface area contributed by atoms with Gasteiger partial charge in [0.2, 0.25) is 0 Å². The maximum atomic E-state index is 5.18. The number of hydrogen-bond acceptors (Lipinski definition) is 3. The average molecular weight is 222 g/mol. The minimum atomic E-state index is 0.356. The molecule has 0 saturated heterocycles. The molecule has 1 atom stereocenters. The summed E-state index contributed by atoms with van der Waals surface area (Å²) in [7, 11) is 1.73. The van der Waals surface area contributed by atoms with Crippen LogP contribution in [-0.4, -0.2) is 31.3 Å². The maximum Gasteiger partial charge on any atom is 0.0619 e. The topological polar surface area (TPSA) is 34.1 Å². The minimum Gasteiger partial charge on any atom is -0.383 e. The first-order valence-electron chi connectivity index (χ1n) is 5.96. The zero-order valence-electron chi connectivity index (χ0n) is 10.5. The molecule has 16 heavy (non-hydrogen) atoms. The van der Waals surface area contributed by atoms with Crippen molar-refractivity contribution in [3.63, 3.8) is 0 Å². The summed E-state index contributed by atoms with van der Waals surface area (Å²) < 4.78 is 5.18. The van der Waals surface area contributed by atoms with Gasteiger partial charge in [-0.3, -0.25) is 4.98 Å². The zero-order chi connectivity index (χ0) is 11.8. The van der Waals surface area contributed by atoms with Crippen molar-refractivity contribution in [3.8, 4) is 0 Å². The van der Waals surface area contributed by atoms with Crippen LogP contribution < -0.4 is 5.32 Å². The molecular formula is C13H22N2O. The van der Waals surface area contributed by atoms with E-state index < -0.39 is 0 Å². The van der Waals surface area contributed by atoms with E-state index in [1.807, 2.05) is 6.20 Å². The highest BCUT2D eigenvalue weighted by Crippen LogP contribution is 2.04. The summed E-state index contributed by atoms with van der Waals surface area (Å²) >= 11 is 0. The largest absolute Gasteiger partial charge is 0.383 e. The number of aryl methyl sites for hydroxylation is 1. The molecule has 3 heteroatoms. The minimum absolute atomic E-state index is 0.356. The summed E-state index contributed by atoms with van der Waals surface area (Å²) in [4.78, 5) is 4.46. The van der Waals surface area contributed by atoms with Gasteiger partial charge in [-0.25, -0.2) is 0 Å². The molecule has 0 saturated carbocycles. The van der Waals surface area contributed by atoms with E-state index in [2.05, 4.69) is 36.3 Å². The number of pyridine rings is 1. The van der Waals surface area contributed by atoms with Gasteiger partial charge in [-0.05, 0) is 24.6 Å². The lowest BCUT2D eigenvalue weighted by Gasteiger charge is -2.16. The number of likely N-dealkylation sites (N-methyl/N-ethyl adjacent to an activating group) is 1. The molecule has 0 bridgehead atoms. The fraction of sp³-hybridized carbons (Fsp3) is 0.615. The van der Waals surface area contributed by atoms with Crippen molar-refractivity contribution in [2.75, 3.05) is 20.3 Å². The number of aromatic nitrogens is 1. The van der Waals surface area contributed by atoms with E-state index in [1.54, 1.807) is 7.11 Å². The molecule has 0 amide bonds. The quantitative estimate of drug-likeness (QED) is 0.764. The Kier molecular flexibility index (Phi) is 6.04. The predicted octanol–water partition coefficient (Wildman–Crippen LogP) is 1.81. The number of rotatable bonds is 7. The highest BCUT2D eigenvalue weighted by Gasteiger charge is 2.08. The summed E-state index contributed by atoms with van der Waals surface area (Å²) in [5.74, 6) is 0. The maximum absolute atomic E-state index is 5.18. The standard InChI is InChI=1S/C13H22N2O/c1-4-11-6-7-12(15-9-11)8-13(10-16-3)14-5-2/h6-7,9,13-14H,4-5,8,10H2,1-3H3. The van der Waals surface area contributed by atoms with Crippen LogP contribution in [0.3, 0.4) is 0 Å². The average Bonchev–Trinajstić information content (AvgIpc) is 2.31. The van der Waals surface area contributed by atoms with Crippen LogP contribution in [-0.2, 0) is 17.6 Å². The number of methoxy groups -OCH3 is 1. The Morgan fingerprint density at radius 1 is 1.38 bits per heavy atom. The number of nitrogens with one attached hydrogen (secondary N) is 1. The summed E-state index contributed by atoms with van der Waals surface area (Å²) in [6.07, 6.45) is 3.93. The third-order valence-electron chi connectivity index (χ3n) is 2.61. The van der Waals surface area contributed by atoms with Crippen molar-refractivity contribution < 1.29 is 4.74 Å². The van der Waals surface area contributed by atoms with E-state index in [4.69, 9.17) is 4.74 Å². The van der Waals surface area contributed by atoms with Crippen molar-refractivity contribution in [1.82, 2.24) is 10.3 Å². The molecule has 90 valence electrons. The van der Waals surface area contributed by atoms with Crippen LogP contribution in [0.15, 0.2) is 18.3 Å². The van der Waals surface area contributed by atoms with Gasteiger partial charge in [-0.2, -0.15) is 0 Å². The van der Waals surface area contributed by atoms with Crippen LogP contribution in [0, 0.1) is 0 Å². The second kappa shape index (κ2) is 7.36. The van der Waals surface area contributed by atoms with Gasteiger partial charge in [0.25, 0.3) is 0 Å². The van der Waals surface area contributed by atoms with E-state index in [9.17, 15) is 0 Å². The van der Waals surface area contributed by atoms with Crippen molar-refractivity contribution >= 4 is 0 Å². The van der Waals surface area contributed by atoms with Gasteiger partial charge in [0.05, 0.1) is 6.61 Å². The second-order valence-electron chi connectivity index (χ2n) is 3.93. The first-order chi connectivity index (χ1) is 7.80. The summed E-state index contributed by atoms with van der Waals surface area (Å²) in [5, 5.41) is 3.40. The molecule has 1 rings (SSSR count). The Balaban J connectivity index is 2.54. The lowest BCUT2D eigenvalue weighted by atomic mass is 10.1. The highest BCUT2D eigenvalue weighted by molar-refractivity contribution is 5.14. The van der Waals surface area contributed by atoms with Crippen LogP contribution in [0.1, 0.15) is 25.1 Å². The molecule has 1 heterocycles. The van der Waals surface area contributed by atoms with E-state index in [0.29, 0.717) is 6.04 Å². The Labute approximate surface area is 98.2 Å². The molecule has 0 aliphatic rings. The van der Waals surface area contributed by atoms with Gasteiger partial charge >= 0.3 is 0 Å². The SMILES string of the molecule is CCNC(COC)Cc1ccc(CC)cn1. The monoisotopic (exact) mass is 222 g/mol. The molecule has 0 spiro atoms. The molecular weight excluding hydrogens is 200 g/mol. The second-order valence-corrected chi connectivity index (χ2v) is 3.93. The molecule has 0 aliphatic heterocycles. The lowest BCUT2D eigenvalue weighted by Crippen LogP contribution is -2.35. The van der Waals surface area contributed by atoms with Crippen molar-refractivity contribution in [2.24, 2.45) is 0 Å². The molecule has 0 fully saturated rings. The Bertz CT molecular complexity index is 278. The van der Waals surface area contributed by atoms with Crippen molar-refractivity contribution in [1.29, 1.82) is 0 Å². The van der Waals surface area contributed by atoms with Gasteiger partial charge in [-0.1, -0.05) is 19.9 Å². The first-order valence-corrected chi connectivity index (χ1v) is 5.96.